The summed E-state index contributed by atoms with van der Waals surface area (Å²) in [6.45, 7) is 4.03. The summed E-state index contributed by atoms with van der Waals surface area (Å²) in [5.41, 5.74) is 2.28. The van der Waals surface area contributed by atoms with Gasteiger partial charge in [0.25, 0.3) is 0 Å². The Balaban J connectivity index is 1.70. The summed E-state index contributed by atoms with van der Waals surface area (Å²) in [4.78, 5) is 13.2. The van der Waals surface area contributed by atoms with Crippen molar-refractivity contribution in [1.82, 2.24) is 19.7 Å². The van der Waals surface area contributed by atoms with Gasteiger partial charge in [-0.1, -0.05) is 13.0 Å². The molecule has 9 nitrogen and oxygen atoms in total. The van der Waals surface area contributed by atoms with E-state index in [9.17, 15) is 5.11 Å². The molecule has 3 N–H and O–H groups in total. The predicted molar refractivity (Wildman–Crippen MR) is 123 cm³/mol. The van der Waals surface area contributed by atoms with Crippen LogP contribution in [0.3, 0.4) is 0 Å². The molecule has 0 radical (unpaired) electrons. The van der Waals surface area contributed by atoms with Gasteiger partial charge in [-0.15, -0.1) is 5.10 Å². The first kappa shape index (κ1) is 22.4. The highest BCUT2D eigenvalue weighted by Crippen LogP contribution is 2.25. The van der Waals surface area contributed by atoms with E-state index in [1.165, 1.54) is 18.0 Å². The lowest BCUT2D eigenvalue weighted by Gasteiger charge is -2.18. The van der Waals surface area contributed by atoms with E-state index in [1.807, 2.05) is 31.5 Å². The van der Waals surface area contributed by atoms with Gasteiger partial charge in [0.15, 0.2) is 0 Å². The average Bonchev–Trinajstić information content (AvgIpc) is 3.16. The fraction of sp³-hybridized carbons (Fsp3) is 0.333. The van der Waals surface area contributed by atoms with Gasteiger partial charge in [-0.25, -0.2) is 15.0 Å². The molecule has 2 aromatic heterocycles. The molecule has 2 unspecified atom stereocenters. The number of amidine groups is 1. The maximum atomic E-state index is 10.2. The summed E-state index contributed by atoms with van der Waals surface area (Å²) >= 11 is 1.50. The highest BCUT2D eigenvalue weighted by molar-refractivity contribution is 7.98. The Morgan fingerprint density at radius 1 is 1.32 bits per heavy atom. The summed E-state index contributed by atoms with van der Waals surface area (Å²) in [7, 11) is 1.55. The van der Waals surface area contributed by atoms with Gasteiger partial charge < -0.3 is 20.0 Å². The van der Waals surface area contributed by atoms with E-state index in [1.54, 1.807) is 13.2 Å². The third-order valence-corrected chi connectivity index (χ3v) is 5.37. The van der Waals surface area contributed by atoms with Crippen LogP contribution < -0.4 is 9.46 Å². The molecular formula is C21H25N7O2S. The number of pyridine rings is 1. The van der Waals surface area contributed by atoms with Crippen LogP contribution >= 0.6 is 11.9 Å². The molecule has 10 heteroatoms. The number of rotatable bonds is 9. The van der Waals surface area contributed by atoms with Crippen molar-refractivity contribution in [2.75, 3.05) is 7.11 Å². The van der Waals surface area contributed by atoms with Crippen molar-refractivity contribution < 1.29 is 9.84 Å². The molecule has 31 heavy (non-hydrogen) atoms. The average molecular weight is 440 g/mol. The van der Waals surface area contributed by atoms with Crippen molar-refractivity contribution in [3.63, 3.8) is 0 Å². The number of methoxy groups -OCH3 is 1. The fourth-order valence-corrected chi connectivity index (χ4v) is 3.66. The molecule has 0 amide bonds. The summed E-state index contributed by atoms with van der Waals surface area (Å²) in [5, 5.41) is 26.2. The first-order valence-corrected chi connectivity index (χ1v) is 10.6. The number of aliphatic hydroxyl groups excluding tert-OH is 1. The van der Waals surface area contributed by atoms with Crippen LogP contribution in [0.5, 0.6) is 5.88 Å². The zero-order valence-electron chi connectivity index (χ0n) is 17.6. The standard InChI is InChI=1S/C21H25N7O2S/c1-13-11-23-18(24-12-13)9-14(2)31-28-21-16(10-15(29)7-8-22)20(26-27-21)17-5-4-6-19(25-17)30-3/h4-8,11-12,14,16,22,29H,9-10H2,1-3H3,(H,27,28)/b15-7-,22-8?. The number of aryl methyl sites for hydroxylation is 1. The summed E-state index contributed by atoms with van der Waals surface area (Å²) in [5.74, 6) is 1.61. The van der Waals surface area contributed by atoms with E-state index in [0.29, 0.717) is 29.5 Å². The third-order valence-electron chi connectivity index (χ3n) is 4.48. The Morgan fingerprint density at radius 3 is 2.81 bits per heavy atom. The van der Waals surface area contributed by atoms with Gasteiger partial charge in [0.05, 0.1) is 30.2 Å². The maximum Gasteiger partial charge on any atom is 0.213 e. The second kappa shape index (κ2) is 10.7. The monoisotopic (exact) mass is 439 g/mol. The Bertz CT molecular complexity index is 1010. The van der Waals surface area contributed by atoms with Crippen molar-refractivity contribution in [3.05, 3.63) is 59.5 Å². The molecule has 0 saturated heterocycles. The molecule has 1 aliphatic heterocycles. The fourth-order valence-electron chi connectivity index (χ4n) is 2.92. The van der Waals surface area contributed by atoms with Crippen molar-refractivity contribution in [2.24, 2.45) is 16.1 Å². The van der Waals surface area contributed by atoms with Crippen molar-refractivity contribution in [3.8, 4) is 5.88 Å². The van der Waals surface area contributed by atoms with E-state index < -0.39 is 0 Å². The predicted octanol–water partition coefficient (Wildman–Crippen LogP) is 3.27. The number of hydrogen-bond donors (Lipinski definition) is 3. The zero-order chi connectivity index (χ0) is 22.2. The van der Waals surface area contributed by atoms with Gasteiger partial charge in [0, 0.05) is 42.8 Å². The highest BCUT2D eigenvalue weighted by atomic mass is 32.2. The molecule has 0 saturated carbocycles. The van der Waals surface area contributed by atoms with Crippen molar-refractivity contribution >= 4 is 29.7 Å². The molecule has 162 valence electrons. The van der Waals surface area contributed by atoms with Crippen LogP contribution in [0, 0.1) is 18.3 Å². The molecule has 0 fully saturated rings. The zero-order valence-corrected chi connectivity index (χ0v) is 18.4. The molecular weight excluding hydrogens is 414 g/mol. The van der Waals surface area contributed by atoms with E-state index in [4.69, 9.17) is 10.1 Å². The normalized spacial score (nSPS) is 17.0. The minimum atomic E-state index is -0.328. The van der Waals surface area contributed by atoms with Crippen LogP contribution in [-0.2, 0) is 6.42 Å². The number of aliphatic hydroxyl groups is 1. The number of allylic oxidation sites excluding steroid dienone is 2. The number of aromatic nitrogens is 3. The maximum absolute atomic E-state index is 10.2. The molecule has 2 atom stereocenters. The lowest BCUT2D eigenvalue weighted by molar-refractivity contribution is 0.385. The molecule has 0 aliphatic carbocycles. The van der Waals surface area contributed by atoms with Crippen LogP contribution in [0.1, 0.15) is 30.4 Å². The van der Waals surface area contributed by atoms with Gasteiger partial charge in [-0.2, -0.15) is 5.10 Å². The van der Waals surface area contributed by atoms with E-state index in [2.05, 4.69) is 36.8 Å². The molecule has 0 aromatic carbocycles. The Morgan fingerprint density at radius 2 is 2.10 bits per heavy atom. The minimum absolute atomic E-state index is 0.0677. The van der Waals surface area contributed by atoms with Crippen molar-refractivity contribution in [2.45, 2.75) is 31.9 Å². The van der Waals surface area contributed by atoms with E-state index in [0.717, 1.165) is 17.6 Å². The smallest absolute Gasteiger partial charge is 0.213 e. The second-order valence-corrected chi connectivity index (χ2v) is 8.27. The van der Waals surface area contributed by atoms with Crippen LogP contribution in [0.2, 0.25) is 0 Å². The van der Waals surface area contributed by atoms with Crippen LogP contribution in [0.4, 0.5) is 0 Å². The van der Waals surface area contributed by atoms with Gasteiger partial charge in [-0.05, 0) is 36.6 Å². The highest BCUT2D eigenvalue weighted by Gasteiger charge is 2.31. The molecule has 3 rings (SSSR count). The topological polar surface area (TPSA) is 129 Å². The first-order chi connectivity index (χ1) is 15.0. The largest absolute Gasteiger partial charge is 0.512 e. The van der Waals surface area contributed by atoms with Crippen molar-refractivity contribution in [1.29, 1.82) is 5.41 Å². The van der Waals surface area contributed by atoms with Crippen LogP contribution in [-0.4, -0.2) is 50.2 Å². The summed E-state index contributed by atoms with van der Waals surface area (Å²) in [6.07, 6.45) is 6.95. The summed E-state index contributed by atoms with van der Waals surface area (Å²) < 4.78 is 8.49. The van der Waals surface area contributed by atoms with Gasteiger partial charge >= 0.3 is 0 Å². The SMILES string of the molecule is COc1cccc(C2=NN=C(NSC(C)Cc3ncc(C)cn3)C2C/C(O)=C/C=N)n1. The van der Waals surface area contributed by atoms with Gasteiger partial charge in [0.1, 0.15) is 11.7 Å². The van der Waals surface area contributed by atoms with E-state index >= 15 is 0 Å². The Hall–Kier alpha value is -3.27. The number of ether oxygens (including phenoxy) is 1. The van der Waals surface area contributed by atoms with Crippen LogP contribution in [0.25, 0.3) is 0 Å². The molecule has 2 aromatic rings. The molecule has 0 spiro atoms. The number of hydrogen-bond acceptors (Lipinski definition) is 10. The molecule has 3 heterocycles. The minimum Gasteiger partial charge on any atom is -0.512 e. The molecule has 0 bridgehead atoms. The van der Waals surface area contributed by atoms with E-state index in [-0.39, 0.29) is 23.3 Å². The lowest BCUT2D eigenvalue weighted by Crippen LogP contribution is -2.31. The Kier molecular flexibility index (Phi) is 7.71. The third kappa shape index (κ3) is 6.11. The quantitative estimate of drug-likeness (QED) is 0.311. The lowest BCUT2D eigenvalue weighted by atomic mass is 9.95. The second-order valence-electron chi connectivity index (χ2n) is 7.03. The van der Waals surface area contributed by atoms with Gasteiger partial charge in [0.2, 0.25) is 5.88 Å². The number of nitrogens with one attached hydrogen (secondary N) is 2. The van der Waals surface area contributed by atoms with Gasteiger partial charge in [-0.3, -0.25) is 0 Å². The number of nitrogens with zero attached hydrogens (tertiary/aromatic N) is 5. The Labute approximate surface area is 185 Å². The van der Waals surface area contributed by atoms with Crippen LogP contribution in [0.15, 0.2) is 52.6 Å². The molecule has 1 aliphatic rings. The summed E-state index contributed by atoms with van der Waals surface area (Å²) in [6, 6.07) is 5.41. The first-order valence-electron chi connectivity index (χ1n) is 9.74.